The summed E-state index contributed by atoms with van der Waals surface area (Å²) in [5.41, 5.74) is 1.13. The van der Waals surface area contributed by atoms with Gasteiger partial charge >= 0.3 is 0 Å². The van der Waals surface area contributed by atoms with Crippen molar-refractivity contribution in [3.63, 3.8) is 0 Å². The molecule has 18 heavy (non-hydrogen) atoms. The standard InChI is InChI=1S/C14H20N2O2/c17-12-4-3-11(9-13(12)18)14(10-1-2-10)16-7-5-15-6-8-16/h3-4,9-10,14-15,17-18H,1-2,5-8H2/t14-/m0/s1. The lowest BCUT2D eigenvalue weighted by Gasteiger charge is -2.35. The lowest BCUT2D eigenvalue weighted by Crippen LogP contribution is -2.45. The fourth-order valence-electron chi connectivity index (χ4n) is 2.88. The van der Waals surface area contributed by atoms with Crippen LogP contribution in [0.5, 0.6) is 11.5 Å². The molecule has 4 heteroatoms. The van der Waals surface area contributed by atoms with Crippen molar-refractivity contribution in [1.29, 1.82) is 0 Å². The van der Waals surface area contributed by atoms with Gasteiger partial charge in [0.2, 0.25) is 0 Å². The van der Waals surface area contributed by atoms with Crippen molar-refractivity contribution in [1.82, 2.24) is 10.2 Å². The summed E-state index contributed by atoms with van der Waals surface area (Å²) in [5, 5.41) is 22.5. The second-order valence-corrected chi connectivity index (χ2v) is 5.32. The van der Waals surface area contributed by atoms with E-state index >= 15 is 0 Å². The molecule has 0 spiro atoms. The van der Waals surface area contributed by atoms with Crippen molar-refractivity contribution < 1.29 is 10.2 Å². The average Bonchev–Trinajstić information content (AvgIpc) is 3.20. The third kappa shape index (κ3) is 2.31. The third-order valence-corrected chi connectivity index (χ3v) is 3.95. The first-order valence-electron chi connectivity index (χ1n) is 6.72. The Kier molecular flexibility index (Phi) is 3.14. The largest absolute Gasteiger partial charge is 0.504 e. The van der Waals surface area contributed by atoms with Gasteiger partial charge in [0.15, 0.2) is 11.5 Å². The predicted molar refractivity (Wildman–Crippen MR) is 69.7 cm³/mol. The maximum atomic E-state index is 9.67. The number of piperazine rings is 1. The molecule has 3 N–H and O–H groups in total. The van der Waals surface area contributed by atoms with Crippen LogP contribution in [0.3, 0.4) is 0 Å². The van der Waals surface area contributed by atoms with Crippen molar-refractivity contribution in [2.75, 3.05) is 26.2 Å². The molecule has 1 aliphatic heterocycles. The van der Waals surface area contributed by atoms with Gasteiger partial charge < -0.3 is 15.5 Å². The quantitative estimate of drug-likeness (QED) is 0.709. The molecule has 4 nitrogen and oxygen atoms in total. The summed E-state index contributed by atoms with van der Waals surface area (Å²) in [7, 11) is 0. The van der Waals surface area contributed by atoms with E-state index in [0.29, 0.717) is 12.0 Å². The normalized spacial score (nSPS) is 22.9. The predicted octanol–water partition coefficient (Wildman–Crippen LogP) is 1.45. The Balaban J connectivity index is 1.85. The fraction of sp³-hybridized carbons (Fsp3) is 0.571. The Hall–Kier alpha value is -1.26. The molecule has 0 radical (unpaired) electrons. The summed E-state index contributed by atoms with van der Waals surface area (Å²) >= 11 is 0. The smallest absolute Gasteiger partial charge is 0.157 e. The van der Waals surface area contributed by atoms with Gasteiger partial charge in [-0.05, 0) is 36.5 Å². The van der Waals surface area contributed by atoms with Crippen LogP contribution in [0.2, 0.25) is 0 Å². The molecule has 0 amide bonds. The maximum absolute atomic E-state index is 9.67. The van der Waals surface area contributed by atoms with E-state index in [-0.39, 0.29) is 11.5 Å². The van der Waals surface area contributed by atoms with Gasteiger partial charge in [-0.1, -0.05) is 6.07 Å². The first kappa shape index (κ1) is 11.8. The Labute approximate surface area is 107 Å². The van der Waals surface area contributed by atoms with Gasteiger partial charge in [0, 0.05) is 32.2 Å². The van der Waals surface area contributed by atoms with Gasteiger partial charge in [0.05, 0.1) is 0 Å². The molecule has 1 saturated carbocycles. The van der Waals surface area contributed by atoms with E-state index in [0.717, 1.165) is 31.7 Å². The molecule has 0 bridgehead atoms. The molecule has 98 valence electrons. The SMILES string of the molecule is Oc1ccc([C@H](C2CC2)N2CCNCC2)cc1O. The van der Waals surface area contributed by atoms with Crippen LogP contribution in [-0.2, 0) is 0 Å². The number of hydrogen-bond donors (Lipinski definition) is 3. The minimum absolute atomic E-state index is 0.00622. The van der Waals surface area contributed by atoms with E-state index in [4.69, 9.17) is 0 Å². The van der Waals surface area contributed by atoms with Crippen LogP contribution in [0.15, 0.2) is 18.2 Å². The van der Waals surface area contributed by atoms with Crippen LogP contribution < -0.4 is 5.32 Å². The molecule has 1 aromatic rings. The summed E-state index contributed by atoms with van der Waals surface area (Å²) in [4.78, 5) is 2.50. The van der Waals surface area contributed by atoms with Crippen LogP contribution in [0.25, 0.3) is 0 Å². The van der Waals surface area contributed by atoms with Crippen LogP contribution in [0, 0.1) is 5.92 Å². The van der Waals surface area contributed by atoms with E-state index in [2.05, 4.69) is 10.2 Å². The molecule has 2 aliphatic rings. The Bertz CT molecular complexity index is 426. The first-order valence-corrected chi connectivity index (χ1v) is 6.72. The van der Waals surface area contributed by atoms with Crippen molar-refractivity contribution in [3.05, 3.63) is 23.8 Å². The van der Waals surface area contributed by atoms with Crippen LogP contribution in [-0.4, -0.2) is 41.3 Å². The van der Waals surface area contributed by atoms with Crippen LogP contribution in [0.1, 0.15) is 24.4 Å². The lowest BCUT2D eigenvalue weighted by atomic mass is 9.99. The Morgan fingerprint density at radius 2 is 1.83 bits per heavy atom. The van der Waals surface area contributed by atoms with Gasteiger partial charge in [0.1, 0.15) is 0 Å². The lowest BCUT2D eigenvalue weighted by molar-refractivity contribution is 0.156. The zero-order valence-electron chi connectivity index (χ0n) is 10.5. The molecule has 1 saturated heterocycles. The molecule has 1 aliphatic carbocycles. The maximum Gasteiger partial charge on any atom is 0.157 e. The first-order chi connectivity index (χ1) is 8.75. The number of hydrogen-bond acceptors (Lipinski definition) is 4. The van der Waals surface area contributed by atoms with E-state index in [1.807, 2.05) is 6.07 Å². The Morgan fingerprint density at radius 3 is 2.44 bits per heavy atom. The molecular formula is C14H20N2O2. The Morgan fingerprint density at radius 1 is 1.11 bits per heavy atom. The number of aromatic hydroxyl groups is 2. The summed E-state index contributed by atoms with van der Waals surface area (Å²) < 4.78 is 0. The van der Waals surface area contributed by atoms with Gasteiger partial charge in [-0.3, -0.25) is 4.90 Å². The number of phenolic OH excluding ortho intramolecular Hbond substituents is 2. The molecule has 0 aromatic heterocycles. The van der Waals surface area contributed by atoms with E-state index < -0.39 is 0 Å². The third-order valence-electron chi connectivity index (χ3n) is 3.95. The second-order valence-electron chi connectivity index (χ2n) is 5.32. The zero-order valence-corrected chi connectivity index (χ0v) is 10.5. The minimum atomic E-state index is -0.0337. The van der Waals surface area contributed by atoms with Gasteiger partial charge in [0.25, 0.3) is 0 Å². The van der Waals surface area contributed by atoms with Gasteiger partial charge in [-0.15, -0.1) is 0 Å². The fourth-order valence-corrected chi connectivity index (χ4v) is 2.88. The van der Waals surface area contributed by atoms with E-state index in [9.17, 15) is 10.2 Å². The summed E-state index contributed by atoms with van der Waals surface area (Å²) in [6, 6.07) is 5.67. The number of nitrogens with zero attached hydrogens (tertiary/aromatic N) is 1. The molecule has 1 heterocycles. The van der Waals surface area contributed by atoms with Crippen molar-refractivity contribution in [2.24, 2.45) is 5.92 Å². The summed E-state index contributed by atoms with van der Waals surface area (Å²) in [6.45, 7) is 4.19. The number of benzene rings is 1. The monoisotopic (exact) mass is 248 g/mol. The summed E-state index contributed by atoms with van der Waals surface area (Å²) in [6.07, 6.45) is 2.55. The van der Waals surface area contributed by atoms with E-state index in [1.54, 1.807) is 12.1 Å². The number of nitrogens with one attached hydrogen (secondary N) is 1. The average molecular weight is 248 g/mol. The highest BCUT2D eigenvalue weighted by Crippen LogP contribution is 2.45. The van der Waals surface area contributed by atoms with Crippen molar-refractivity contribution >= 4 is 0 Å². The molecule has 3 rings (SSSR count). The molecule has 2 fully saturated rings. The zero-order chi connectivity index (χ0) is 12.5. The highest BCUT2D eigenvalue weighted by Gasteiger charge is 2.36. The van der Waals surface area contributed by atoms with E-state index in [1.165, 1.54) is 12.8 Å². The van der Waals surface area contributed by atoms with Crippen LogP contribution >= 0.6 is 0 Å². The second kappa shape index (κ2) is 4.78. The van der Waals surface area contributed by atoms with Crippen molar-refractivity contribution in [3.8, 4) is 11.5 Å². The summed E-state index contributed by atoms with van der Waals surface area (Å²) in [5.74, 6) is 0.675. The number of phenols is 2. The molecule has 0 unspecified atom stereocenters. The topological polar surface area (TPSA) is 55.7 Å². The highest BCUT2D eigenvalue weighted by molar-refractivity contribution is 5.42. The molecule has 1 aromatic carbocycles. The van der Waals surface area contributed by atoms with Crippen molar-refractivity contribution in [2.45, 2.75) is 18.9 Å². The molecule has 1 atom stereocenters. The van der Waals surface area contributed by atoms with Crippen LogP contribution in [0.4, 0.5) is 0 Å². The minimum Gasteiger partial charge on any atom is -0.504 e. The van der Waals surface area contributed by atoms with Gasteiger partial charge in [-0.2, -0.15) is 0 Å². The molecular weight excluding hydrogens is 228 g/mol. The van der Waals surface area contributed by atoms with Gasteiger partial charge in [-0.25, -0.2) is 0 Å². The highest BCUT2D eigenvalue weighted by atomic mass is 16.3. The number of rotatable bonds is 3.